The minimum Gasteiger partial charge on any atom is -0.398 e. The van der Waals surface area contributed by atoms with Gasteiger partial charge < -0.3 is 10.8 Å². The van der Waals surface area contributed by atoms with Gasteiger partial charge in [0, 0.05) is 24.5 Å². The third-order valence-electron chi connectivity index (χ3n) is 4.60. The molecule has 2 atom stereocenters. The summed E-state index contributed by atoms with van der Waals surface area (Å²) in [6.45, 7) is 4.57. The van der Waals surface area contributed by atoms with Crippen LogP contribution in [-0.4, -0.2) is 15.7 Å². The van der Waals surface area contributed by atoms with Gasteiger partial charge in [-0.05, 0) is 42.7 Å². The number of aromatic nitrogens is 1. The van der Waals surface area contributed by atoms with E-state index in [1.807, 2.05) is 6.07 Å². The minimum atomic E-state index is -0.596. The lowest BCUT2D eigenvalue weighted by Gasteiger charge is -2.27. The third kappa shape index (κ3) is 3.69. The molecular formula is C16H26N2O. The van der Waals surface area contributed by atoms with Crippen LogP contribution in [0, 0.1) is 11.8 Å². The summed E-state index contributed by atoms with van der Waals surface area (Å²) in [5.41, 5.74) is 7.09. The number of hydrogen-bond acceptors (Lipinski definition) is 3. The van der Waals surface area contributed by atoms with E-state index in [0.29, 0.717) is 12.3 Å². The molecule has 3 N–H and O–H groups in total. The highest BCUT2D eigenvalue weighted by Gasteiger charge is 2.32. The van der Waals surface area contributed by atoms with Crippen molar-refractivity contribution in [1.82, 2.24) is 4.98 Å². The molecule has 1 aromatic rings. The fourth-order valence-electron chi connectivity index (χ4n) is 3.20. The molecule has 0 saturated heterocycles. The standard InChI is InChI=1S/C16H26N2O/c1-12(2)13-4-3-7-16(19,8-5-13)10-14-11-18-9-6-15(14)17/h6,9,11-13,19H,3-5,7-8,10H2,1-2H3,(H2,17,18). The molecule has 0 spiro atoms. The first-order chi connectivity index (χ1) is 9.00. The summed E-state index contributed by atoms with van der Waals surface area (Å²) in [6, 6.07) is 1.81. The summed E-state index contributed by atoms with van der Waals surface area (Å²) in [4.78, 5) is 4.12. The van der Waals surface area contributed by atoms with Crippen LogP contribution in [0.3, 0.4) is 0 Å². The van der Waals surface area contributed by atoms with E-state index in [0.717, 1.165) is 42.9 Å². The predicted octanol–water partition coefficient (Wildman–Crippen LogP) is 3.17. The van der Waals surface area contributed by atoms with Crippen molar-refractivity contribution in [2.45, 2.75) is 58.0 Å². The topological polar surface area (TPSA) is 59.1 Å². The van der Waals surface area contributed by atoms with Gasteiger partial charge in [-0.15, -0.1) is 0 Å². The first-order valence-corrected chi connectivity index (χ1v) is 7.41. The van der Waals surface area contributed by atoms with Crippen LogP contribution >= 0.6 is 0 Å². The number of nitrogen functional groups attached to an aromatic ring is 1. The molecule has 2 unspecified atom stereocenters. The average Bonchev–Trinajstić information content (AvgIpc) is 2.55. The van der Waals surface area contributed by atoms with Crippen molar-refractivity contribution in [2.24, 2.45) is 11.8 Å². The summed E-state index contributed by atoms with van der Waals surface area (Å²) in [5.74, 6) is 1.46. The van der Waals surface area contributed by atoms with Gasteiger partial charge in [-0.3, -0.25) is 4.98 Å². The summed E-state index contributed by atoms with van der Waals surface area (Å²) in [5, 5.41) is 10.8. The zero-order valence-electron chi connectivity index (χ0n) is 12.1. The van der Waals surface area contributed by atoms with Crippen LogP contribution in [0.2, 0.25) is 0 Å². The molecule has 1 aliphatic rings. The van der Waals surface area contributed by atoms with Gasteiger partial charge in [-0.25, -0.2) is 0 Å². The summed E-state index contributed by atoms with van der Waals surface area (Å²) >= 11 is 0. The molecule has 19 heavy (non-hydrogen) atoms. The van der Waals surface area contributed by atoms with Crippen molar-refractivity contribution in [2.75, 3.05) is 5.73 Å². The van der Waals surface area contributed by atoms with Crippen LogP contribution in [0.25, 0.3) is 0 Å². The van der Waals surface area contributed by atoms with Crippen molar-refractivity contribution in [1.29, 1.82) is 0 Å². The molecular weight excluding hydrogens is 236 g/mol. The molecule has 0 amide bonds. The minimum absolute atomic E-state index is 0.596. The van der Waals surface area contributed by atoms with E-state index in [2.05, 4.69) is 18.8 Å². The summed E-state index contributed by atoms with van der Waals surface area (Å²) in [6.07, 6.45) is 9.35. The highest BCUT2D eigenvalue weighted by molar-refractivity contribution is 5.45. The number of nitrogens with zero attached hydrogens (tertiary/aromatic N) is 1. The Labute approximate surface area is 116 Å². The van der Waals surface area contributed by atoms with Gasteiger partial charge in [0.05, 0.1) is 5.60 Å². The Hall–Kier alpha value is -1.09. The Morgan fingerprint density at radius 3 is 2.89 bits per heavy atom. The maximum atomic E-state index is 10.8. The Kier molecular flexibility index (Phi) is 4.46. The average molecular weight is 262 g/mol. The maximum absolute atomic E-state index is 10.8. The van der Waals surface area contributed by atoms with Crippen molar-refractivity contribution in [3.05, 3.63) is 24.0 Å². The van der Waals surface area contributed by atoms with E-state index in [-0.39, 0.29) is 0 Å². The molecule has 1 aliphatic carbocycles. The van der Waals surface area contributed by atoms with Crippen molar-refractivity contribution in [3.63, 3.8) is 0 Å². The molecule has 0 aliphatic heterocycles. The van der Waals surface area contributed by atoms with Gasteiger partial charge in [-0.2, -0.15) is 0 Å². The third-order valence-corrected chi connectivity index (χ3v) is 4.60. The van der Waals surface area contributed by atoms with E-state index >= 15 is 0 Å². The predicted molar refractivity (Wildman–Crippen MR) is 78.7 cm³/mol. The molecule has 106 valence electrons. The first kappa shape index (κ1) is 14.3. The van der Waals surface area contributed by atoms with E-state index < -0.39 is 5.60 Å². The van der Waals surface area contributed by atoms with Crippen LogP contribution in [0.4, 0.5) is 5.69 Å². The van der Waals surface area contributed by atoms with Crippen LogP contribution < -0.4 is 5.73 Å². The number of nitrogens with two attached hydrogens (primary N) is 1. The van der Waals surface area contributed by atoms with E-state index in [1.54, 1.807) is 12.4 Å². The Bertz CT molecular complexity index is 419. The molecule has 3 nitrogen and oxygen atoms in total. The second kappa shape index (κ2) is 5.91. The number of hydrogen-bond donors (Lipinski definition) is 2. The Morgan fingerprint density at radius 2 is 2.21 bits per heavy atom. The van der Waals surface area contributed by atoms with Crippen LogP contribution in [0.1, 0.15) is 51.5 Å². The molecule has 3 heteroatoms. The largest absolute Gasteiger partial charge is 0.398 e. The van der Waals surface area contributed by atoms with E-state index in [4.69, 9.17) is 5.73 Å². The number of anilines is 1. The summed E-state index contributed by atoms with van der Waals surface area (Å²) < 4.78 is 0. The Balaban J connectivity index is 2.05. The molecule has 1 fully saturated rings. The fourth-order valence-corrected chi connectivity index (χ4v) is 3.20. The molecule has 1 saturated carbocycles. The van der Waals surface area contributed by atoms with Crippen molar-refractivity contribution < 1.29 is 5.11 Å². The fraction of sp³-hybridized carbons (Fsp3) is 0.688. The highest BCUT2D eigenvalue weighted by atomic mass is 16.3. The molecule has 0 aromatic carbocycles. The zero-order valence-corrected chi connectivity index (χ0v) is 12.1. The van der Waals surface area contributed by atoms with Gasteiger partial charge in [0.25, 0.3) is 0 Å². The van der Waals surface area contributed by atoms with Crippen molar-refractivity contribution in [3.8, 4) is 0 Å². The summed E-state index contributed by atoms with van der Waals surface area (Å²) in [7, 11) is 0. The number of pyridine rings is 1. The lowest BCUT2D eigenvalue weighted by molar-refractivity contribution is 0.0237. The van der Waals surface area contributed by atoms with Gasteiger partial charge in [-0.1, -0.05) is 26.7 Å². The second-order valence-electron chi connectivity index (χ2n) is 6.41. The van der Waals surface area contributed by atoms with Gasteiger partial charge in [0.1, 0.15) is 0 Å². The van der Waals surface area contributed by atoms with Crippen LogP contribution in [0.5, 0.6) is 0 Å². The van der Waals surface area contributed by atoms with Crippen LogP contribution in [-0.2, 0) is 6.42 Å². The molecule has 1 heterocycles. The maximum Gasteiger partial charge on any atom is 0.0689 e. The van der Waals surface area contributed by atoms with Gasteiger partial charge in [0.15, 0.2) is 0 Å². The normalized spacial score (nSPS) is 28.3. The number of aliphatic hydroxyl groups is 1. The second-order valence-corrected chi connectivity index (χ2v) is 6.41. The lowest BCUT2D eigenvalue weighted by atomic mass is 9.85. The van der Waals surface area contributed by atoms with Crippen LogP contribution in [0.15, 0.2) is 18.5 Å². The SMILES string of the molecule is CC(C)C1CCCC(O)(Cc2cnccc2N)CC1. The molecule has 1 aromatic heterocycles. The lowest BCUT2D eigenvalue weighted by Crippen LogP contribution is -2.31. The smallest absolute Gasteiger partial charge is 0.0689 e. The quantitative estimate of drug-likeness (QED) is 0.823. The zero-order chi connectivity index (χ0) is 13.9. The van der Waals surface area contributed by atoms with Gasteiger partial charge in [0.2, 0.25) is 0 Å². The first-order valence-electron chi connectivity index (χ1n) is 7.41. The molecule has 0 bridgehead atoms. The molecule has 2 rings (SSSR count). The number of rotatable bonds is 3. The molecule has 0 radical (unpaired) electrons. The highest BCUT2D eigenvalue weighted by Crippen LogP contribution is 2.36. The monoisotopic (exact) mass is 262 g/mol. The van der Waals surface area contributed by atoms with E-state index in [1.165, 1.54) is 6.42 Å². The Morgan fingerprint density at radius 1 is 1.42 bits per heavy atom. The van der Waals surface area contributed by atoms with Crippen molar-refractivity contribution >= 4 is 5.69 Å². The van der Waals surface area contributed by atoms with Gasteiger partial charge >= 0.3 is 0 Å². The van der Waals surface area contributed by atoms with E-state index in [9.17, 15) is 5.11 Å².